The molecule has 24 atom stereocenters. The zero-order valence-electron chi connectivity index (χ0n) is 48.9. The van der Waals surface area contributed by atoms with Gasteiger partial charge in [0.1, 0.15) is 67.3 Å². The number of ketones is 1. The SMILES string of the molecule is CC1(C)CC[C@]2(C(=O)CCCNC(=O)c3cc[c]([Sn]([CH3])([CH3])[CH3])cc3)C(O)C[C@]3(C)C(=CCC4C5(C)CC[C@H](O[C@@H]6OC(C(=O)O)[C@@H](O)[C@H](O[C@@H]7OC[C@@H](O)[C@H](O)C7O)C6O[C@@H]6OC(CO)[C@H](O)[C@H](O)C6O)[C@](C)(C=O)[C@@H]5CC[C@@]43C)C2C1. The molecule has 82 heavy (non-hydrogen) atoms. The minimum absolute atomic E-state index is 0.0237. The van der Waals surface area contributed by atoms with Crippen molar-refractivity contribution in [3.05, 3.63) is 41.5 Å². The molecule has 9 unspecified atom stereocenters. The van der Waals surface area contributed by atoms with Crippen molar-refractivity contribution < 1.29 is 98.7 Å². The fourth-order valence-electron chi connectivity index (χ4n) is 16.8. The van der Waals surface area contributed by atoms with Crippen molar-refractivity contribution in [3.8, 4) is 0 Å². The predicted molar refractivity (Wildman–Crippen MR) is 295 cm³/mol. The van der Waals surface area contributed by atoms with Gasteiger partial charge in [0.05, 0.1) is 24.7 Å². The first-order valence-corrected chi connectivity index (χ1v) is 39.6. The molecule has 5 aliphatic carbocycles. The van der Waals surface area contributed by atoms with Crippen LogP contribution in [-0.2, 0) is 42.8 Å². The number of hydrogen-bond acceptors (Lipinski definition) is 19. The van der Waals surface area contributed by atoms with E-state index in [1.165, 1.54) is 9.15 Å². The monoisotopic (exact) mass is 1270 g/mol. The van der Waals surface area contributed by atoms with Gasteiger partial charge in [-0.3, -0.25) is 0 Å². The van der Waals surface area contributed by atoms with Gasteiger partial charge in [0, 0.05) is 0 Å². The molecular weight excluding hydrogens is 1170 g/mol. The van der Waals surface area contributed by atoms with Crippen molar-refractivity contribution in [2.75, 3.05) is 19.8 Å². The van der Waals surface area contributed by atoms with Crippen LogP contribution in [0.15, 0.2) is 35.9 Å². The van der Waals surface area contributed by atoms with Crippen LogP contribution in [0.4, 0.5) is 0 Å². The second kappa shape index (κ2) is 23.5. The maximum atomic E-state index is 15.0. The Morgan fingerprint density at radius 2 is 1.41 bits per heavy atom. The average Bonchev–Trinajstić information content (AvgIpc) is 0.759. The van der Waals surface area contributed by atoms with Crippen molar-refractivity contribution in [1.29, 1.82) is 0 Å². The van der Waals surface area contributed by atoms with Crippen molar-refractivity contribution in [1.82, 2.24) is 5.32 Å². The summed E-state index contributed by atoms with van der Waals surface area (Å²) in [4.78, 5) is 62.1. The molecule has 3 saturated heterocycles. The molecule has 11 N–H and O–H groups in total. The Labute approximate surface area is 484 Å². The molecular formula is C60H91NO20Sn. The summed E-state index contributed by atoms with van der Waals surface area (Å²) < 4.78 is 37.6. The molecule has 0 aromatic heterocycles. The molecule has 1 aromatic carbocycles. The van der Waals surface area contributed by atoms with Crippen LogP contribution in [0.1, 0.15) is 123 Å². The smallest absolute Gasteiger partial charge is 0.479 e. The number of benzene rings is 1. The molecule has 460 valence electrons. The van der Waals surface area contributed by atoms with Gasteiger partial charge in [0.15, 0.2) is 25.0 Å². The Kier molecular flexibility index (Phi) is 18.3. The number of nitrogens with one attached hydrogen (secondary N) is 1. The minimum atomic E-state index is -2.30. The molecule has 0 bridgehead atoms. The van der Waals surface area contributed by atoms with Gasteiger partial charge in [-0.05, 0) is 84.9 Å². The van der Waals surface area contributed by atoms with Gasteiger partial charge in [0.2, 0.25) is 0 Å². The van der Waals surface area contributed by atoms with E-state index in [4.69, 9.17) is 28.4 Å². The van der Waals surface area contributed by atoms with Crippen LogP contribution < -0.4 is 8.90 Å². The van der Waals surface area contributed by atoms with Gasteiger partial charge in [-0.2, -0.15) is 0 Å². The van der Waals surface area contributed by atoms with Crippen molar-refractivity contribution in [3.63, 3.8) is 0 Å². The second-order valence-electron chi connectivity index (χ2n) is 28.1. The zero-order chi connectivity index (χ0) is 60.0. The van der Waals surface area contributed by atoms with Crippen LogP contribution in [0.25, 0.3) is 0 Å². The standard InChI is InChI=1S/C57H82NO20.3CH3.Sn/c1-52(2)20-21-57(35(62)13-10-22-58-47(70)28-11-8-7-9-12-28)30(23-52)29-14-15-34-53(3)18-17-37(54(4,27-60)33(53)16-19-55(34,5)56(29,6)24-36(57)63)75-51-46(78-50-42(68)40(66)39(65)32(25-59)74-50)44(43(69)45(77-51)48(71)72)76-49-41(67)38(64)31(61)26-73-49;;;;/h8-9,11-12,14,27,30-34,36-46,49-51,59,61,63-69H,10,13,15-26H2,1-6H3,(H,58,70)(H,71,72);3*1H3;/t30?,31-,32?,33-,34?,36?,37+,38+,39+,40+,41?,42?,43+,44+,45?,46?,49+,50+,51-,53?,54-,55+,56-,57+;;;;/m1..../s1. The van der Waals surface area contributed by atoms with Gasteiger partial charge in [-0.15, -0.1) is 0 Å². The molecule has 0 radical (unpaired) electrons. The number of carbonyl (C=O) groups excluding carboxylic acids is 3. The molecule has 21 nitrogen and oxygen atoms in total. The van der Waals surface area contributed by atoms with E-state index in [0.29, 0.717) is 57.1 Å². The summed E-state index contributed by atoms with van der Waals surface area (Å²) in [6.45, 7) is 12.0. The Balaban J connectivity index is 0.976. The van der Waals surface area contributed by atoms with E-state index in [-0.39, 0.29) is 47.7 Å². The van der Waals surface area contributed by atoms with Crippen LogP contribution in [-0.4, -0.2) is 211 Å². The van der Waals surface area contributed by atoms with Gasteiger partial charge in [-0.25, -0.2) is 4.79 Å². The number of carboxylic acids is 1. The first-order valence-electron chi connectivity index (χ1n) is 29.6. The molecule has 1 aromatic rings. The molecule has 9 rings (SSSR count). The Morgan fingerprint density at radius 3 is 2.06 bits per heavy atom. The van der Waals surface area contributed by atoms with Gasteiger partial charge in [-0.1, -0.05) is 53.2 Å². The molecule has 4 saturated carbocycles. The number of aliphatic hydroxyl groups is 9. The fourth-order valence-corrected chi connectivity index (χ4v) is 20.2. The molecule has 22 heteroatoms. The summed E-state index contributed by atoms with van der Waals surface area (Å²) in [5.74, 6) is -2.41. The Bertz CT molecular complexity index is 2540. The third-order valence-corrected chi connectivity index (χ3v) is 27.8. The minimum Gasteiger partial charge on any atom is -0.479 e. The maximum absolute atomic E-state index is 15.0. The van der Waals surface area contributed by atoms with E-state index in [0.717, 1.165) is 19.1 Å². The van der Waals surface area contributed by atoms with Crippen LogP contribution >= 0.6 is 0 Å². The van der Waals surface area contributed by atoms with E-state index in [1.54, 1.807) is 6.92 Å². The Hall–Kier alpha value is -2.56. The van der Waals surface area contributed by atoms with Crippen molar-refractivity contribution >= 4 is 45.9 Å². The number of Topliss-reactive ketones (excluding diaryl/α,β-unsaturated/α-hetero) is 1. The predicted octanol–water partition coefficient (Wildman–Crippen LogP) is 1.83. The summed E-state index contributed by atoms with van der Waals surface area (Å²) in [7, 11) is 0. The quantitative estimate of drug-likeness (QED) is 0.0370. The van der Waals surface area contributed by atoms with E-state index in [2.05, 4.69) is 73.0 Å². The number of rotatable bonds is 16. The van der Waals surface area contributed by atoms with E-state index >= 15 is 0 Å². The molecule has 7 fully saturated rings. The number of aldehydes is 1. The number of carboxylic acid groups (broad SMARTS) is 1. The topological polar surface area (TPSA) is 338 Å². The van der Waals surface area contributed by atoms with Crippen LogP contribution in [0, 0.1) is 50.2 Å². The average molecular weight is 1270 g/mol. The van der Waals surface area contributed by atoms with Crippen LogP contribution in [0.2, 0.25) is 14.8 Å². The first-order chi connectivity index (χ1) is 38.3. The van der Waals surface area contributed by atoms with Crippen molar-refractivity contribution in [2.45, 2.75) is 225 Å². The van der Waals surface area contributed by atoms with Crippen LogP contribution in [0.3, 0.4) is 0 Å². The molecule has 1 amide bonds. The van der Waals surface area contributed by atoms with Gasteiger partial charge in [0.25, 0.3) is 0 Å². The third kappa shape index (κ3) is 10.9. The van der Waals surface area contributed by atoms with Gasteiger partial charge >= 0.3 is 142 Å². The normalized spacial score (nSPS) is 46.4. The van der Waals surface area contributed by atoms with E-state index in [1.807, 2.05) is 12.1 Å². The van der Waals surface area contributed by atoms with E-state index < -0.39 is 163 Å². The summed E-state index contributed by atoms with van der Waals surface area (Å²) in [5.41, 5.74) is -2.09. The number of fused-ring (bicyclic) bond motifs is 7. The summed E-state index contributed by atoms with van der Waals surface area (Å²) in [5, 5.41) is 112. The molecule has 3 heterocycles. The van der Waals surface area contributed by atoms with Gasteiger partial charge < -0.3 is 84.3 Å². The number of aliphatic hydroxyl groups excluding tert-OH is 9. The number of aliphatic carboxylic acids is 1. The molecule has 8 aliphatic rings. The summed E-state index contributed by atoms with van der Waals surface area (Å²) in [6.07, 6.45) is -19.2. The molecule has 0 spiro atoms. The summed E-state index contributed by atoms with van der Waals surface area (Å²) >= 11 is -2.30. The number of amides is 1. The number of ether oxygens (including phenoxy) is 6. The zero-order valence-corrected chi connectivity index (χ0v) is 51.7. The molecule has 3 aliphatic heterocycles. The van der Waals surface area contributed by atoms with Crippen LogP contribution in [0.5, 0.6) is 0 Å². The first kappa shape index (κ1) is 63.9. The fraction of sp³-hybridized carbons (Fsp3) is 0.800. The Morgan fingerprint density at radius 1 is 0.744 bits per heavy atom. The number of allylic oxidation sites excluding steroid dienone is 2. The summed E-state index contributed by atoms with van der Waals surface area (Å²) in [6, 6.07) is 7.86. The number of hydrogen-bond donors (Lipinski definition) is 11. The second-order valence-corrected chi connectivity index (χ2v) is 42.6. The van der Waals surface area contributed by atoms with E-state index in [9.17, 15) is 70.2 Å². The number of carbonyl (C=O) groups is 4. The third-order valence-electron chi connectivity index (χ3n) is 21.9. The van der Waals surface area contributed by atoms with Crippen molar-refractivity contribution in [2.24, 2.45) is 50.2 Å².